The molecule has 3 aromatic rings. The number of fused-ring (bicyclic) bond motifs is 1. The Morgan fingerprint density at radius 1 is 0.737 bits per heavy atom. The van der Waals surface area contributed by atoms with Gasteiger partial charge in [0.1, 0.15) is 28.2 Å². The SMILES string of the molecule is CCCCCCCCCCC(CCCCCCCC)COc1ccc(-n2nc3ccc(Cl)cc3n2)c(O)c1. The Kier molecular flexibility index (Phi) is 13.8. The molecule has 0 radical (unpaired) electrons. The van der Waals surface area contributed by atoms with Crippen molar-refractivity contribution in [1.82, 2.24) is 15.0 Å². The van der Waals surface area contributed by atoms with Gasteiger partial charge in [0.15, 0.2) is 0 Å². The van der Waals surface area contributed by atoms with Gasteiger partial charge in [-0.05, 0) is 49.1 Å². The number of hydrogen-bond acceptors (Lipinski definition) is 4. The normalized spacial score (nSPS) is 12.3. The maximum absolute atomic E-state index is 10.7. The quantitative estimate of drug-likeness (QED) is 0.144. The van der Waals surface area contributed by atoms with Gasteiger partial charge in [-0.1, -0.05) is 115 Å². The molecular weight excluding hydrogens is 494 g/mol. The van der Waals surface area contributed by atoms with E-state index in [9.17, 15) is 5.11 Å². The van der Waals surface area contributed by atoms with Crippen molar-refractivity contribution in [2.75, 3.05) is 6.61 Å². The summed E-state index contributed by atoms with van der Waals surface area (Å²) in [7, 11) is 0. The first kappa shape index (κ1) is 30.3. The highest BCUT2D eigenvalue weighted by molar-refractivity contribution is 6.31. The standard InChI is InChI=1S/C32H48ClN3O2/c1-3-5-7-9-11-12-14-16-18-26(17-15-13-10-8-6-4-2)25-38-28-20-22-31(32(37)24-28)36-34-29-21-19-27(33)23-30(29)35-36/h19-24,26,37H,3-18,25H2,1-2H3. The van der Waals surface area contributed by atoms with Crippen LogP contribution in [0.2, 0.25) is 5.02 Å². The zero-order valence-electron chi connectivity index (χ0n) is 23.6. The molecule has 6 heteroatoms. The van der Waals surface area contributed by atoms with Crippen LogP contribution in [0.1, 0.15) is 117 Å². The summed E-state index contributed by atoms with van der Waals surface area (Å²) in [5.74, 6) is 1.35. The number of phenols is 1. The summed E-state index contributed by atoms with van der Waals surface area (Å²) in [5, 5.41) is 20.2. The van der Waals surface area contributed by atoms with E-state index >= 15 is 0 Å². The number of nitrogens with zero attached hydrogens (tertiary/aromatic N) is 3. The molecule has 1 N–H and O–H groups in total. The van der Waals surface area contributed by atoms with Crippen molar-refractivity contribution in [1.29, 1.82) is 0 Å². The molecule has 0 fully saturated rings. The highest BCUT2D eigenvalue weighted by atomic mass is 35.5. The molecule has 0 bridgehead atoms. The van der Waals surface area contributed by atoms with Crippen LogP contribution < -0.4 is 4.74 Å². The summed E-state index contributed by atoms with van der Waals surface area (Å²) in [6, 6.07) is 10.8. The van der Waals surface area contributed by atoms with E-state index in [0.717, 1.165) is 5.52 Å². The second-order valence-corrected chi connectivity index (χ2v) is 11.2. The average molecular weight is 542 g/mol. The predicted molar refractivity (Wildman–Crippen MR) is 160 cm³/mol. The Morgan fingerprint density at radius 2 is 1.32 bits per heavy atom. The van der Waals surface area contributed by atoms with Crippen LogP contribution in [-0.4, -0.2) is 26.7 Å². The van der Waals surface area contributed by atoms with E-state index in [-0.39, 0.29) is 5.75 Å². The van der Waals surface area contributed by atoms with Crippen LogP contribution in [0.3, 0.4) is 0 Å². The van der Waals surface area contributed by atoms with Gasteiger partial charge < -0.3 is 9.84 Å². The van der Waals surface area contributed by atoms with Crippen molar-refractivity contribution in [3.05, 3.63) is 41.4 Å². The number of benzene rings is 2. The summed E-state index contributed by atoms with van der Waals surface area (Å²) in [4.78, 5) is 1.45. The summed E-state index contributed by atoms with van der Waals surface area (Å²) in [6.07, 6.45) is 21.2. The summed E-state index contributed by atoms with van der Waals surface area (Å²) in [6.45, 7) is 5.24. The van der Waals surface area contributed by atoms with Gasteiger partial charge in [-0.3, -0.25) is 0 Å². The van der Waals surface area contributed by atoms with Crippen molar-refractivity contribution in [3.8, 4) is 17.2 Å². The van der Waals surface area contributed by atoms with Gasteiger partial charge in [0.05, 0.1) is 6.61 Å². The third-order valence-corrected chi connectivity index (χ3v) is 7.66. The maximum atomic E-state index is 10.7. The third kappa shape index (κ3) is 10.5. The lowest BCUT2D eigenvalue weighted by Gasteiger charge is -2.18. The molecule has 0 saturated heterocycles. The summed E-state index contributed by atoms with van der Waals surface area (Å²) >= 11 is 6.07. The lowest BCUT2D eigenvalue weighted by molar-refractivity contribution is 0.223. The minimum Gasteiger partial charge on any atom is -0.505 e. The van der Waals surface area contributed by atoms with Gasteiger partial charge in [0.25, 0.3) is 0 Å². The fourth-order valence-corrected chi connectivity index (χ4v) is 5.23. The van der Waals surface area contributed by atoms with Gasteiger partial charge in [0.2, 0.25) is 0 Å². The second-order valence-electron chi connectivity index (χ2n) is 10.8. The molecule has 1 unspecified atom stereocenters. The van der Waals surface area contributed by atoms with E-state index in [2.05, 4.69) is 24.0 Å². The Balaban J connectivity index is 1.50. The van der Waals surface area contributed by atoms with Gasteiger partial charge in [-0.15, -0.1) is 15.0 Å². The van der Waals surface area contributed by atoms with Crippen LogP contribution in [0.4, 0.5) is 0 Å². The molecule has 2 aromatic carbocycles. The molecule has 3 rings (SSSR count). The largest absolute Gasteiger partial charge is 0.505 e. The van der Waals surface area contributed by atoms with Crippen LogP contribution in [0.15, 0.2) is 36.4 Å². The van der Waals surface area contributed by atoms with Gasteiger partial charge in [0, 0.05) is 11.1 Å². The van der Waals surface area contributed by atoms with Gasteiger partial charge in [-0.25, -0.2) is 0 Å². The van der Waals surface area contributed by atoms with Crippen molar-refractivity contribution >= 4 is 22.6 Å². The summed E-state index contributed by atoms with van der Waals surface area (Å²) in [5.41, 5.74) is 1.94. The fourth-order valence-electron chi connectivity index (χ4n) is 5.06. The van der Waals surface area contributed by atoms with E-state index in [1.807, 2.05) is 18.2 Å². The molecule has 0 spiro atoms. The van der Waals surface area contributed by atoms with Gasteiger partial charge >= 0.3 is 0 Å². The second kappa shape index (κ2) is 17.3. The van der Waals surface area contributed by atoms with Crippen LogP contribution in [0, 0.1) is 5.92 Å². The number of hydrogen-bond donors (Lipinski definition) is 1. The third-order valence-electron chi connectivity index (χ3n) is 7.42. The maximum Gasteiger partial charge on any atom is 0.146 e. The van der Waals surface area contributed by atoms with Crippen LogP contribution in [0.25, 0.3) is 16.7 Å². The van der Waals surface area contributed by atoms with E-state index in [1.165, 1.54) is 108 Å². The highest BCUT2D eigenvalue weighted by Gasteiger charge is 2.13. The van der Waals surface area contributed by atoms with E-state index in [1.54, 1.807) is 18.2 Å². The first-order chi connectivity index (χ1) is 18.6. The first-order valence-electron chi connectivity index (χ1n) is 15.1. The fraction of sp³-hybridized carbons (Fsp3) is 0.625. The van der Waals surface area contributed by atoms with Crippen molar-refractivity contribution in [2.45, 2.75) is 117 Å². The highest BCUT2D eigenvalue weighted by Crippen LogP contribution is 2.28. The molecule has 0 aliphatic rings. The number of aromatic hydroxyl groups is 1. The number of phenolic OH excluding ortho intramolecular Hbond substituents is 1. The van der Waals surface area contributed by atoms with Crippen molar-refractivity contribution in [2.24, 2.45) is 5.92 Å². The molecule has 38 heavy (non-hydrogen) atoms. The number of halogens is 1. The monoisotopic (exact) mass is 541 g/mol. The zero-order chi connectivity index (χ0) is 27.0. The van der Waals surface area contributed by atoms with E-state index in [0.29, 0.717) is 34.5 Å². The van der Waals surface area contributed by atoms with Gasteiger partial charge in [-0.2, -0.15) is 0 Å². The van der Waals surface area contributed by atoms with Crippen molar-refractivity contribution in [3.63, 3.8) is 0 Å². The average Bonchev–Trinajstić information content (AvgIpc) is 3.33. The van der Waals surface area contributed by atoms with Crippen LogP contribution in [-0.2, 0) is 0 Å². The Labute approximate surface area is 234 Å². The zero-order valence-corrected chi connectivity index (χ0v) is 24.4. The summed E-state index contributed by atoms with van der Waals surface area (Å²) < 4.78 is 6.21. The Hall–Kier alpha value is -2.27. The van der Waals surface area contributed by atoms with Crippen molar-refractivity contribution < 1.29 is 9.84 Å². The number of ether oxygens (including phenoxy) is 1. The van der Waals surface area contributed by atoms with E-state index < -0.39 is 0 Å². The molecule has 0 amide bonds. The number of unbranched alkanes of at least 4 members (excludes halogenated alkanes) is 12. The molecule has 0 aliphatic carbocycles. The minimum absolute atomic E-state index is 0.101. The first-order valence-corrected chi connectivity index (χ1v) is 15.5. The minimum atomic E-state index is 0.101. The smallest absolute Gasteiger partial charge is 0.146 e. The van der Waals surface area contributed by atoms with Crippen LogP contribution in [0.5, 0.6) is 11.5 Å². The van der Waals surface area contributed by atoms with E-state index in [4.69, 9.17) is 16.3 Å². The molecule has 1 aromatic heterocycles. The molecule has 210 valence electrons. The topological polar surface area (TPSA) is 60.2 Å². The number of aromatic nitrogens is 3. The number of rotatable bonds is 20. The molecule has 5 nitrogen and oxygen atoms in total. The van der Waals surface area contributed by atoms with Crippen LogP contribution >= 0.6 is 11.6 Å². The molecule has 0 saturated carbocycles. The predicted octanol–water partition coefficient (Wildman–Crippen LogP) is 10.1. The lowest BCUT2D eigenvalue weighted by atomic mass is 9.94. The Bertz CT molecular complexity index is 1070. The lowest BCUT2D eigenvalue weighted by Crippen LogP contribution is -2.12. The molecule has 0 aliphatic heterocycles. The molecular formula is C32H48ClN3O2. The Morgan fingerprint density at radius 3 is 1.92 bits per heavy atom. The molecule has 1 heterocycles. The molecule has 1 atom stereocenters.